The Morgan fingerprint density at radius 1 is 0.864 bits per heavy atom. The number of benzene rings is 1. The van der Waals surface area contributed by atoms with Gasteiger partial charge in [-0.2, -0.15) is 0 Å². The molecule has 1 saturated carbocycles. The molecule has 2 rings (SSSR count). The van der Waals surface area contributed by atoms with Crippen molar-refractivity contribution in [3.05, 3.63) is 29.8 Å². The van der Waals surface area contributed by atoms with Crippen molar-refractivity contribution < 1.29 is 4.74 Å². The fourth-order valence-electron chi connectivity index (χ4n) is 3.78. The quantitative estimate of drug-likeness (QED) is 0.479. The fourth-order valence-corrected chi connectivity index (χ4v) is 3.78. The van der Waals surface area contributed by atoms with Crippen LogP contribution >= 0.6 is 0 Å². The smallest absolute Gasteiger partial charge is 0.119 e. The van der Waals surface area contributed by atoms with Gasteiger partial charge in [0.1, 0.15) is 5.75 Å². The topological polar surface area (TPSA) is 9.23 Å². The maximum Gasteiger partial charge on any atom is 0.119 e. The summed E-state index contributed by atoms with van der Waals surface area (Å²) in [5, 5.41) is 0. The Labute approximate surface area is 137 Å². The van der Waals surface area contributed by atoms with E-state index < -0.39 is 0 Å². The number of hydrogen-bond donors (Lipinski definition) is 0. The van der Waals surface area contributed by atoms with Crippen LogP contribution in [0.1, 0.15) is 77.2 Å². The molecule has 0 saturated heterocycles. The third kappa shape index (κ3) is 6.02. The summed E-state index contributed by atoms with van der Waals surface area (Å²) in [6.45, 7) is 5.09. The van der Waals surface area contributed by atoms with Gasteiger partial charge in [0.2, 0.25) is 0 Å². The lowest BCUT2D eigenvalue weighted by molar-refractivity contribution is 0.249. The van der Waals surface area contributed by atoms with Gasteiger partial charge in [0.05, 0.1) is 6.61 Å². The first-order valence-corrected chi connectivity index (χ1v) is 9.53. The molecule has 0 bridgehead atoms. The molecule has 1 aliphatic carbocycles. The highest BCUT2D eigenvalue weighted by Gasteiger charge is 2.20. The molecular weight excluding hydrogens is 268 g/mol. The van der Waals surface area contributed by atoms with E-state index in [0.717, 1.165) is 24.2 Å². The molecule has 0 atom stereocenters. The molecule has 0 aliphatic heterocycles. The van der Waals surface area contributed by atoms with Crippen molar-refractivity contribution in [3.63, 3.8) is 0 Å². The Balaban J connectivity index is 1.64. The van der Waals surface area contributed by atoms with Crippen LogP contribution in [0.25, 0.3) is 0 Å². The molecule has 1 heteroatoms. The van der Waals surface area contributed by atoms with Gasteiger partial charge in [0, 0.05) is 0 Å². The molecule has 0 radical (unpaired) electrons. The Bertz CT molecular complexity index is 387. The van der Waals surface area contributed by atoms with E-state index in [2.05, 4.69) is 31.2 Å². The maximum absolute atomic E-state index is 5.51. The zero-order chi connectivity index (χ0) is 15.6. The van der Waals surface area contributed by atoms with Crippen LogP contribution in [-0.2, 0) is 6.42 Å². The SMILES string of the molecule is CCCCC[C@H]1CC[C@H](CCc2ccc(OCC)cc2)CC1. The summed E-state index contributed by atoms with van der Waals surface area (Å²) in [5.74, 6) is 3.00. The summed E-state index contributed by atoms with van der Waals surface area (Å²) < 4.78 is 5.51. The van der Waals surface area contributed by atoms with Crippen LogP contribution in [0.3, 0.4) is 0 Å². The van der Waals surface area contributed by atoms with Crippen LogP contribution in [-0.4, -0.2) is 6.61 Å². The summed E-state index contributed by atoms with van der Waals surface area (Å²) in [6, 6.07) is 8.70. The normalized spacial score (nSPS) is 21.7. The number of hydrogen-bond acceptors (Lipinski definition) is 1. The predicted octanol–water partition coefficient (Wildman–Crippen LogP) is 6.40. The summed E-state index contributed by atoms with van der Waals surface area (Å²) in [5.41, 5.74) is 1.47. The van der Waals surface area contributed by atoms with Crippen LogP contribution in [0, 0.1) is 11.8 Å². The molecule has 1 aliphatic rings. The van der Waals surface area contributed by atoms with Crippen molar-refractivity contribution in [1.29, 1.82) is 0 Å². The third-order valence-electron chi connectivity index (χ3n) is 5.26. The lowest BCUT2D eigenvalue weighted by atomic mass is 9.78. The van der Waals surface area contributed by atoms with Crippen molar-refractivity contribution in [2.75, 3.05) is 6.61 Å². The minimum atomic E-state index is 0.751. The first kappa shape index (κ1) is 17.4. The van der Waals surface area contributed by atoms with Gasteiger partial charge in [0.25, 0.3) is 0 Å². The molecule has 124 valence electrons. The van der Waals surface area contributed by atoms with Crippen LogP contribution in [0.5, 0.6) is 5.75 Å². The van der Waals surface area contributed by atoms with Crippen molar-refractivity contribution in [3.8, 4) is 5.75 Å². The Morgan fingerprint density at radius 3 is 2.09 bits per heavy atom. The highest BCUT2D eigenvalue weighted by molar-refractivity contribution is 5.27. The van der Waals surface area contributed by atoms with E-state index in [-0.39, 0.29) is 0 Å². The van der Waals surface area contributed by atoms with Gasteiger partial charge in [-0.3, -0.25) is 0 Å². The van der Waals surface area contributed by atoms with Gasteiger partial charge in [-0.25, -0.2) is 0 Å². The van der Waals surface area contributed by atoms with Gasteiger partial charge in [0.15, 0.2) is 0 Å². The third-order valence-corrected chi connectivity index (χ3v) is 5.26. The summed E-state index contributed by atoms with van der Waals surface area (Å²) >= 11 is 0. The minimum Gasteiger partial charge on any atom is -0.494 e. The van der Waals surface area contributed by atoms with Gasteiger partial charge < -0.3 is 4.74 Å². The zero-order valence-corrected chi connectivity index (χ0v) is 14.7. The number of aryl methyl sites for hydroxylation is 1. The van der Waals surface area contributed by atoms with Crippen LogP contribution < -0.4 is 4.74 Å². The molecular formula is C21H34O. The Hall–Kier alpha value is -0.980. The van der Waals surface area contributed by atoms with Gasteiger partial charge in [-0.05, 0) is 49.3 Å². The maximum atomic E-state index is 5.51. The Kier molecular flexibility index (Phi) is 7.83. The van der Waals surface area contributed by atoms with Gasteiger partial charge in [-0.15, -0.1) is 0 Å². The molecule has 22 heavy (non-hydrogen) atoms. The highest BCUT2D eigenvalue weighted by atomic mass is 16.5. The van der Waals surface area contributed by atoms with Crippen LogP contribution in [0.4, 0.5) is 0 Å². The second kappa shape index (κ2) is 9.92. The molecule has 1 fully saturated rings. The molecule has 0 spiro atoms. The van der Waals surface area contributed by atoms with E-state index in [1.165, 1.54) is 69.8 Å². The predicted molar refractivity (Wildman–Crippen MR) is 95.5 cm³/mol. The standard InChI is InChI=1S/C21H34O/c1-3-5-6-7-18-8-10-19(11-9-18)12-13-20-14-16-21(17-15-20)22-4-2/h14-19H,3-13H2,1-2H3/t18-,19-. The average molecular weight is 303 g/mol. The Morgan fingerprint density at radius 2 is 1.50 bits per heavy atom. The lowest BCUT2D eigenvalue weighted by Crippen LogP contribution is -2.15. The van der Waals surface area contributed by atoms with E-state index in [1.54, 1.807) is 0 Å². The van der Waals surface area contributed by atoms with E-state index in [9.17, 15) is 0 Å². The van der Waals surface area contributed by atoms with Gasteiger partial charge in [-0.1, -0.05) is 70.4 Å². The first-order chi connectivity index (χ1) is 10.8. The highest BCUT2D eigenvalue weighted by Crippen LogP contribution is 2.34. The van der Waals surface area contributed by atoms with Crippen molar-refractivity contribution in [2.45, 2.75) is 78.1 Å². The van der Waals surface area contributed by atoms with E-state index in [0.29, 0.717) is 0 Å². The second-order valence-corrected chi connectivity index (χ2v) is 7.00. The summed E-state index contributed by atoms with van der Waals surface area (Å²) in [4.78, 5) is 0. The molecule has 0 amide bonds. The number of ether oxygens (including phenoxy) is 1. The fraction of sp³-hybridized carbons (Fsp3) is 0.714. The zero-order valence-electron chi connectivity index (χ0n) is 14.7. The first-order valence-electron chi connectivity index (χ1n) is 9.53. The molecule has 1 nitrogen and oxygen atoms in total. The molecule has 1 aromatic rings. The molecule has 1 aromatic carbocycles. The van der Waals surface area contributed by atoms with E-state index in [1.807, 2.05) is 6.92 Å². The average Bonchev–Trinajstić information content (AvgIpc) is 2.56. The van der Waals surface area contributed by atoms with Crippen LogP contribution in [0.15, 0.2) is 24.3 Å². The van der Waals surface area contributed by atoms with Crippen molar-refractivity contribution >= 4 is 0 Å². The molecule has 0 N–H and O–H groups in total. The van der Waals surface area contributed by atoms with Crippen LogP contribution in [0.2, 0.25) is 0 Å². The van der Waals surface area contributed by atoms with Gasteiger partial charge >= 0.3 is 0 Å². The van der Waals surface area contributed by atoms with E-state index >= 15 is 0 Å². The minimum absolute atomic E-state index is 0.751. The molecule has 0 unspecified atom stereocenters. The largest absolute Gasteiger partial charge is 0.494 e. The van der Waals surface area contributed by atoms with Crippen molar-refractivity contribution in [2.24, 2.45) is 11.8 Å². The molecule has 0 heterocycles. The molecule has 0 aromatic heterocycles. The van der Waals surface area contributed by atoms with E-state index in [4.69, 9.17) is 4.74 Å². The number of unbranched alkanes of at least 4 members (excludes halogenated alkanes) is 2. The lowest BCUT2D eigenvalue weighted by Gasteiger charge is -2.28. The monoisotopic (exact) mass is 302 g/mol. The second-order valence-electron chi connectivity index (χ2n) is 7.00. The number of rotatable bonds is 9. The summed E-state index contributed by atoms with van der Waals surface area (Å²) in [7, 11) is 0. The van der Waals surface area contributed by atoms with Crippen molar-refractivity contribution in [1.82, 2.24) is 0 Å². The summed E-state index contributed by atoms with van der Waals surface area (Å²) in [6.07, 6.45) is 14.2.